The van der Waals surface area contributed by atoms with Crippen molar-refractivity contribution >= 4 is 11.6 Å². The van der Waals surface area contributed by atoms with E-state index in [0.29, 0.717) is 12.5 Å². The number of aryl methyl sites for hydroxylation is 1. The summed E-state index contributed by atoms with van der Waals surface area (Å²) in [5.74, 6) is 1.16. The van der Waals surface area contributed by atoms with Crippen molar-refractivity contribution in [2.24, 2.45) is 10.7 Å². The quantitative estimate of drug-likeness (QED) is 0.486. The number of nitrogens with zero attached hydrogens (tertiary/aromatic N) is 1. The number of nitrogens with two attached hydrogens (primary N) is 1. The van der Waals surface area contributed by atoms with E-state index in [9.17, 15) is 0 Å². The third-order valence-electron chi connectivity index (χ3n) is 3.12. The van der Waals surface area contributed by atoms with E-state index in [2.05, 4.69) is 34.6 Å². The Labute approximate surface area is 125 Å². The van der Waals surface area contributed by atoms with Gasteiger partial charge in [0.15, 0.2) is 5.96 Å². The second-order valence-corrected chi connectivity index (χ2v) is 4.68. The van der Waals surface area contributed by atoms with Gasteiger partial charge in [0.05, 0.1) is 12.8 Å². The molecule has 0 radical (unpaired) electrons. The second-order valence-electron chi connectivity index (χ2n) is 4.68. The van der Waals surface area contributed by atoms with Crippen LogP contribution >= 0.6 is 0 Å². The number of guanidine groups is 1. The Balaban J connectivity index is 1.81. The molecule has 0 saturated heterocycles. The van der Waals surface area contributed by atoms with Crippen LogP contribution in [0.1, 0.15) is 12.0 Å². The van der Waals surface area contributed by atoms with Gasteiger partial charge in [0.25, 0.3) is 0 Å². The van der Waals surface area contributed by atoms with E-state index in [1.54, 1.807) is 7.11 Å². The van der Waals surface area contributed by atoms with Gasteiger partial charge in [-0.15, -0.1) is 0 Å². The van der Waals surface area contributed by atoms with Crippen LogP contribution in [0.3, 0.4) is 0 Å². The predicted octanol–water partition coefficient (Wildman–Crippen LogP) is 3.05. The van der Waals surface area contributed by atoms with Crippen molar-refractivity contribution in [3.63, 3.8) is 0 Å². The van der Waals surface area contributed by atoms with E-state index in [1.165, 1.54) is 5.56 Å². The van der Waals surface area contributed by atoms with E-state index in [4.69, 9.17) is 10.5 Å². The normalized spacial score (nSPS) is 11.2. The first-order chi connectivity index (χ1) is 10.3. The number of methoxy groups -OCH3 is 1. The lowest BCUT2D eigenvalue weighted by atomic mass is 10.1. The molecule has 0 aliphatic carbocycles. The van der Waals surface area contributed by atoms with Gasteiger partial charge in [-0.05, 0) is 30.5 Å². The highest BCUT2D eigenvalue weighted by atomic mass is 16.5. The molecule has 0 aromatic heterocycles. The summed E-state index contributed by atoms with van der Waals surface area (Å²) in [6.45, 7) is 0.697. The molecule has 4 heteroatoms. The Kier molecular flexibility index (Phi) is 5.64. The third kappa shape index (κ3) is 4.84. The molecule has 2 rings (SSSR count). The summed E-state index contributed by atoms with van der Waals surface area (Å²) < 4.78 is 5.26. The number of anilines is 1. The number of benzene rings is 2. The number of rotatable bonds is 6. The van der Waals surface area contributed by atoms with E-state index in [-0.39, 0.29) is 0 Å². The fourth-order valence-corrected chi connectivity index (χ4v) is 2.05. The zero-order chi connectivity index (χ0) is 14.9. The average molecular weight is 283 g/mol. The minimum Gasteiger partial charge on any atom is -0.495 e. The zero-order valence-corrected chi connectivity index (χ0v) is 12.3. The summed E-state index contributed by atoms with van der Waals surface area (Å²) in [6.07, 6.45) is 1.98. The molecule has 0 fully saturated rings. The molecule has 0 unspecified atom stereocenters. The summed E-state index contributed by atoms with van der Waals surface area (Å²) in [5, 5.41) is 3.06. The maximum Gasteiger partial charge on any atom is 0.193 e. The molecule has 0 aliphatic heterocycles. The lowest BCUT2D eigenvalue weighted by Crippen LogP contribution is -2.23. The monoisotopic (exact) mass is 283 g/mol. The number of nitrogens with one attached hydrogen (secondary N) is 1. The molecule has 0 bridgehead atoms. The summed E-state index contributed by atoms with van der Waals surface area (Å²) >= 11 is 0. The Morgan fingerprint density at radius 2 is 1.81 bits per heavy atom. The van der Waals surface area contributed by atoms with Crippen molar-refractivity contribution in [1.29, 1.82) is 0 Å². The van der Waals surface area contributed by atoms with Crippen LogP contribution in [-0.4, -0.2) is 19.6 Å². The first-order valence-electron chi connectivity index (χ1n) is 7.03. The molecule has 2 aromatic rings. The smallest absolute Gasteiger partial charge is 0.193 e. The summed E-state index contributed by atoms with van der Waals surface area (Å²) in [6, 6.07) is 18.0. The molecule has 2 aromatic carbocycles. The number of para-hydroxylation sites is 2. The standard InChI is InChI=1S/C17H21N3O/c1-21-16-12-6-5-11-15(16)20-17(18)19-13-7-10-14-8-3-2-4-9-14/h2-6,8-9,11-12H,7,10,13H2,1H3,(H3,18,19,20). The Hall–Kier alpha value is -2.49. The average Bonchev–Trinajstić information content (AvgIpc) is 2.53. The molecule has 21 heavy (non-hydrogen) atoms. The Bertz CT molecular complexity index is 582. The summed E-state index contributed by atoms with van der Waals surface area (Å²) in [5.41, 5.74) is 8.04. The minimum atomic E-state index is 0.410. The van der Waals surface area contributed by atoms with Crippen LogP contribution in [0.4, 0.5) is 5.69 Å². The van der Waals surface area contributed by atoms with E-state index < -0.39 is 0 Å². The van der Waals surface area contributed by atoms with Crippen LogP contribution in [0, 0.1) is 0 Å². The lowest BCUT2D eigenvalue weighted by Gasteiger charge is -2.10. The SMILES string of the molecule is COc1ccccc1NC(N)=NCCCc1ccccc1. The predicted molar refractivity (Wildman–Crippen MR) is 87.9 cm³/mol. The molecule has 0 amide bonds. The van der Waals surface area contributed by atoms with Crippen molar-refractivity contribution in [2.45, 2.75) is 12.8 Å². The molecule has 0 heterocycles. The van der Waals surface area contributed by atoms with Crippen molar-refractivity contribution in [1.82, 2.24) is 0 Å². The fraction of sp³-hybridized carbons (Fsp3) is 0.235. The summed E-state index contributed by atoms with van der Waals surface area (Å²) in [4.78, 5) is 4.34. The van der Waals surface area contributed by atoms with Crippen LogP contribution < -0.4 is 15.8 Å². The molecule has 3 N–H and O–H groups in total. The number of aliphatic imine (C=N–C) groups is 1. The van der Waals surface area contributed by atoms with Gasteiger partial charge in [-0.2, -0.15) is 0 Å². The maximum absolute atomic E-state index is 5.89. The van der Waals surface area contributed by atoms with Crippen LogP contribution in [-0.2, 0) is 6.42 Å². The number of ether oxygens (including phenoxy) is 1. The fourth-order valence-electron chi connectivity index (χ4n) is 2.05. The molecular formula is C17H21N3O. The highest BCUT2D eigenvalue weighted by Crippen LogP contribution is 2.22. The molecule has 110 valence electrons. The third-order valence-corrected chi connectivity index (χ3v) is 3.12. The van der Waals surface area contributed by atoms with E-state index in [1.807, 2.05) is 30.3 Å². The van der Waals surface area contributed by atoms with Gasteiger partial charge < -0.3 is 15.8 Å². The highest BCUT2D eigenvalue weighted by molar-refractivity contribution is 5.93. The van der Waals surface area contributed by atoms with Crippen molar-refractivity contribution in [3.05, 3.63) is 60.2 Å². The molecule has 0 atom stereocenters. The largest absolute Gasteiger partial charge is 0.495 e. The van der Waals surface area contributed by atoms with Crippen LogP contribution in [0.25, 0.3) is 0 Å². The minimum absolute atomic E-state index is 0.410. The Morgan fingerprint density at radius 3 is 2.57 bits per heavy atom. The number of hydrogen-bond acceptors (Lipinski definition) is 2. The van der Waals surface area contributed by atoms with Crippen LogP contribution in [0.2, 0.25) is 0 Å². The van der Waals surface area contributed by atoms with Gasteiger partial charge in [-0.25, -0.2) is 0 Å². The number of hydrogen-bond donors (Lipinski definition) is 2. The van der Waals surface area contributed by atoms with E-state index in [0.717, 1.165) is 24.3 Å². The van der Waals surface area contributed by atoms with Crippen molar-refractivity contribution in [2.75, 3.05) is 19.0 Å². The topological polar surface area (TPSA) is 59.6 Å². The molecule has 0 saturated carbocycles. The molecule has 4 nitrogen and oxygen atoms in total. The molecule has 0 spiro atoms. The van der Waals surface area contributed by atoms with Crippen molar-refractivity contribution < 1.29 is 4.74 Å². The Morgan fingerprint density at radius 1 is 1.10 bits per heavy atom. The second kappa shape index (κ2) is 7.94. The van der Waals surface area contributed by atoms with Gasteiger partial charge in [-0.3, -0.25) is 4.99 Å². The summed E-state index contributed by atoms with van der Waals surface area (Å²) in [7, 11) is 1.63. The lowest BCUT2D eigenvalue weighted by molar-refractivity contribution is 0.417. The first-order valence-corrected chi connectivity index (χ1v) is 7.03. The molecule has 0 aliphatic rings. The van der Waals surface area contributed by atoms with Gasteiger partial charge >= 0.3 is 0 Å². The van der Waals surface area contributed by atoms with Gasteiger partial charge in [-0.1, -0.05) is 42.5 Å². The van der Waals surface area contributed by atoms with Crippen LogP contribution in [0.5, 0.6) is 5.75 Å². The van der Waals surface area contributed by atoms with Gasteiger partial charge in [0, 0.05) is 6.54 Å². The van der Waals surface area contributed by atoms with E-state index >= 15 is 0 Å². The first kappa shape index (κ1) is 14.9. The molecular weight excluding hydrogens is 262 g/mol. The van der Waals surface area contributed by atoms with Crippen molar-refractivity contribution in [3.8, 4) is 5.75 Å². The zero-order valence-electron chi connectivity index (χ0n) is 12.3. The van der Waals surface area contributed by atoms with Gasteiger partial charge in [0.2, 0.25) is 0 Å². The van der Waals surface area contributed by atoms with Crippen LogP contribution in [0.15, 0.2) is 59.6 Å². The highest BCUT2D eigenvalue weighted by Gasteiger charge is 2.01. The maximum atomic E-state index is 5.89. The van der Waals surface area contributed by atoms with Gasteiger partial charge in [0.1, 0.15) is 5.75 Å².